The lowest BCUT2D eigenvalue weighted by atomic mass is 10.2. The van der Waals surface area contributed by atoms with Crippen molar-refractivity contribution < 1.29 is 13.6 Å². The van der Waals surface area contributed by atoms with Gasteiger partial charge in [-0.3, -0.25) is 9.48 Å². The minimum absolute atomic E-state index is 0.136. The molecule has 0 unspecified atom stereocenters. The Morgan fingerprint density at radius 3 is 2.87 bits per heavy atom. The molecule has 1 aromatic carbocycles. The van der Waals surface area contributed by atoms with Crippen molar-refractivity contribution in [2.75, 3.05) is 5.32 Å². The summed E-state index contributed by atoms with van der Waals surface area (Å²) in [7, 11) is 1.79. The van der Waals surface area contributed by atoms with Crippen LogP contribution < -0.4 is 5.32 Å². The molecule has 0 spiro atoms. The maximum Gasteiger partial charge on any atom is 0.267 e. The highest BCUT2D eigenvalue weighted by atomic mass is 32.1. The normalized spacial score (nSPS) is 11.0. The number of hydrogen-bond acceptors (Lipinski definition) is 4. The van der Waals surface area contributed by atoms with Crippen LogP contribution in [0.2, 0.25) is 0 Å². The molecule has 2 heterocycles. The first-order valence-electron chi connectivity index (χ1n) is 6.67. The number of nitrogens with zero attached hydrogens (tertiary/aromatic N) is 3. The maximum atomic E-state index is 12.7. The molecule has 0 fully saturated rings. The van der Waals surface area contributed by atoms with Gasteiger partial charge in [0.05, 0.1) is 12.4 Å². The lowest BCUT2D eigenvalue weighted by Gasteiger charge is -2.05. The van der Waals surface area contributed by atoms with Gasteiger partial charge in [-0.05, 0) is 12.1 Å². The summed E-state index contributed by atoms with van der Waals surface area (Å²) in [4.78, 5) is 16.8. The topological polar surface area (TPSA) is 59.8 Å². The van der Waals surface area contributed by atoms with Crippen LogP contribution in [0.1, 0.15) is 21.7 Å². The minimum atomic E-state index is -2.58. The van der Waals surface area contributed by atoms with E-state index in [-0.39, 0.29) is 11.5 Å². The van der Waals surface area contributed by atoms with Crippen LogP contribution in [0.5, 0.6) is 0 Å². The number of rotatable bonds is 4. The van der Waals surface area contributed by atoms with Crippen molar-refractivity contribution in [1.29, 1.82) is 0 Å². The van der Waals surface area contributed by atoms with Gasteiger partial charge in [-0.25, -0.2) is 13.8 Å². The Labute approximate surface area is 134 Å². The van der Waals surface area contributed by atoms with E-state index in [1.807, 2.05) is 0 Å². The molecule has 0 saturated heterocycles. The van der Waals surface area contributed by atoms with Crippen LogP contribution in [0.15, 0.2) is 42.9 Å². The van der Waals surface area contributed by atoms with Crippen molar-refractivity contribution in [2.45, 2.75) is 6.43 Å². The van der Waals surface area contributed by atoms with E-state index in [0.717, 1.165) is 5.56 Å². The third-order valence-corrected chi connectivity index (χ3v) is 4.12. The van der Waals surface area contributed by atoms with Crippen LogP contribution >= 0.6 is 11.3 Å². The Morgan fingerprint density at radius 2 is 2.17 bits per heavy atom. The molecule has 1 N–H and O–H groups in total. The molecule has 0 aliphatic heterocycles. The molecule has 8 heteroatoms. The summed E-state index contributed by atoms with van der Waals surface area (Å²) in [6, 6.07) is 5.61. The second kappa shape index (κ2) is 6.25. The van der Waals surface area contributed by atoms with Crippen LogP contribution in [0.25, 0.3) is 10.6 Å². The second-order valence-electron chi connectivity index (χ2n) is 4.81. The highest BCUT2D eigenvalue weighted by Crippen LogP contribution is 2.26. The van der Waals surface area contributed by atoms with Crippen molar-refractivity contribution >= 4 is 22.9 Å². The number of benzene rings is 1. The van der Waals surface area contributed by atoms with Crippen molar-refractivity contribution in [1.82, 2.24) is 14.8 Å². The van der Waals surface area contributed by atoms with Crippen LogP contribution in [0.3, 0.4) is 0 Å². The van der Waals surface area contributed by atoms with Gasteiger partial charge in [-0.1, -0.05) is 12.1 Å². The van der Waals surface area contributed by atoms with E-state index in [4.69, 9.17) is 0 Å². The molecule has 23 heavy (non-hydrogen) atoms. The van der Waals surface area contributed by atoms with E-state index in [9.17, 15) is 13.6 Å². The molecule has 0 radical (unpaired) electrons. The minimum Gasteiger partial charge on any atom is -0.321 e. The quantitative estimate of drug-likeness (QED) is 0.791. The third kappa shape index (κ3) is 3.42. The predicted octanol–water partition coefficient (Wildman–Crippen LogP) is 3.73. The van der Waals surface area contributed by atoms with Crippen molar-refractivity contribution in [2.24, 2.45) is 7.05 Å². The second-order valence-corrected chi connectivity index (χ2v) is 5.84. The first-order chi connectivity index (χ1) is 11.0. The molecule has 118 valence electrons. The van der Waals surface area contributed by atoms with Gasteiger partial charge in [-0.15, -0.1) is 11.3 Å². The van der Waals surface area contributed by atoms with E-state index in [0.29, 0.717) is 15.6 Å². The molecule has 2 aromatic heterocycles. The zero-order valence-electron chi connectivity index (χ0n) is 12.0. The summed E-state index contributed by atoms with van der Waals surface area (Å²) in [6.07, 6.45) is 2.34. The SMILES string of the molecule is Cn1cc(-c2ncc(C(=O)Nc3cccc(C(F)F)c3)s2)cn1. The van der Waals surface area contributed by atoms with E-state index < -0.39 is 6.43 Å². The number of aryl methyl sites for hydroxylation is 1. The number of aromatic nitrogens is 3. The lowest BCUT2D eigenvalue weighted by molar-refractivity contribution is 0.103. The van der Waals surface area contributed by atoms with E-state index in [2.05, 4.69) is 15.4 Å². The highest BCUT2D eigenvalue weighted by Gasteiger charge is 2.14. The first kappa shape index (κ1) is 15.3. The molecule has 0 bridgehead atoms. The predicted molar refractivity (Wildman–Crippen MR) is 83.7 cm³/mol. The van der Waals surface area contributed by atoms with Gasteiger partial charge >= 0.3 is 0 Å². The summed E-state index contributed by atoms with van der Waals surface area (Å²) >= 11 is 1.21. The number of carbonyl (C=O) groups is 1. The van der Waals surface area contributed by atoms with Crippen LogP contribution in [-0.4, -0.2) is 20.7 Å². The third-order valence-electron chi connectivity index (χ3n) is 3.08. The number of alkyl halides is 2. The number of halogens is 2. The standard InChI is InChI=1S/C15H12F2N4OS/c1-21-8-10(6-19-21)15-18-7-12(23-15)14(22)20-11-4-2-3-9(5-11)13(16)17/h2-8,13H,1H3,(H,20,22). The first-order valence-corrected chi connectivity index (χ1v) is 7.49. The summed E-state index contributed by atoms with van der Waals surface area (Å²) in [6.45, 7) is 0. The van der Waals surface area contributed by atoms with Gasteiger partial charge in [-0.2, -0.15) is 5.10 Å². The number of thiazole rings is 1. The molecular weight excluding hydrogens is 322 g/mol. The van der Waals surface area contributed by atoms with Crippen LogP contribution in [-0.2, 0) is 7.05 Å². The Bertz CT molecular complexity index is 843. The fourth-order valence-electron chi connectivity index (χ4n) is 1.99. The average molecular weight is 334 g/mol. The zero-order valence-corrected chi connectivity index (χ0v) is 12.8. The molecule has 0 aliphatic rings. The molecule has 5 nitrogen and oxygen atoms in total. The Morgan fingerprint density at radius 1 is 1.35 bits per heavy atom. The highest BCUT2D eigenvalue weighted by molar-refractivity contribution is 7.17. The van der Waals surface area contributed by atoms with Gasteiger partial charge in [0.15, 0.2) is 0 Å². The molecule has 3 rings (SSSR count). The fourth-order valence-corrected chi connectivity index (χ4v) is 2.78. The monoisotopic (exact) mass is 334 g/mol. The Hall–Kier alpha value is -2.61. The molecular formula is C15H12F2N4OS. The number of carbonyl (C=O) groups excluding carboxylic acids is 1. The van der Waals surface area contributed by atoms with Gasteiger partial charge in [0.1, 0.15) is 9.88 Å². The summed E-state index contributed by atoms with van der Waals surface area (Å²) < 4.78 is 27.0. The summed E-state index contributed by atoms with van der Waals surface area (Å²) in [5, 5.41) is 7.32. The molecule has 1 amide bonds. The largest absolute Gasteiger partial charge is 0.321 e. The van der Waals surface area contributed by atoms with E-state index in [1.54, 1.807) is 30.2 Å². The zero-order chi connectivity index (χ0) is 16.4. The van der Waals surface area contributed by atoms with Crippen molar-refractivity contribution in [3.8, 4) is 10.6 Å². The summed E-state index contributed by atoms with van der Waals surface area (Å²) in [5.74, 6) is -0.385. The molecule has 0 aliphatic carbocycles. The number of anilines is 1. The van der Waals surface area contributed by atoms with Gasteiger partial charge in [0.2, 0.25) is 0 Å². The van der Waals surface area contributed by atoms with Crippen LogP contribution in [0, 0.1) is 0 Å². The lowest BCUT2D eigenvalue weighted by Crippen LogP contribution is -2.10. The van der Waals surface area contributed by atoms with E-state index in [1.165, 1.54) is 35.7 Å². The molecule has 0 saturated carbocycles. The van der Waals surface area contributed by atoms with Crippen LogP contribution in [0.4, 0.5) is 14.5 Å². The van der Waals surface area contributed by atoms with Crippen molar-refractivity contribution in [3.63, 3.8) is 0 Å². The number of nitrogens with one attached hydrogen (secondary N) is 1. The molecule has 3 aromatic rings. The maximum absolute atomic E-state index is 12.7. The average Bonchev–Trinajstić information content (AvgIpc) is 3.16. The Kier molecular flexibility index (Phi) is 4.16. The Balaban J connectivity index is 1.76. The smallest absolute Gasteiger partial charge is 0.267 e. The van der Waals surface area contributed by atoms with E-state index >= 15 is 0 Å². The van der Waals surface area contributed by atoms with Crippen molar-refractivity contribution in [3.05, 3.63) is 53.3 Å². The fraction of sp³-hybridized carbons (Fsp3) is 0.133. The van der Waals surface area contributed by atoms with Gasteiger partial charge < -0.3 is 5.32 Å². The molecule has 0 atom stereocenters. The number of hydrogen-bond donors (Lipinski definition) is 1. The summed E-state index contributed by atoms with van der Waals surface area (Å²) in [5.41, 5.74) is 1.00. The van der Waals surface area contributed by atoms with Gasteiger partial charge in [0, 0.05) is 30.1 Å². The number of amides is 1. The van der Waals surface area contributed by atoms with Gasteiger partial charge in [0.25, 0.3) is 12.3 Å².